The zero-order valence-electron chi connectivity index (χ0n) is 11.4. The zero-order valence-corrected chi connectivity index (χ0v) is 12.2. The Balaban J connectivity index is 1.65. The topological polar surface area (TPSA) is 37.3 Å². The molecule has 1 N–H and O–H groups in total. The molecule has 2 heterocycles. The van der Waals surface area contributed by atoms with E-state index in [0.717, 1.165) is 23.0 Å². The summed E-state index contributed by atoms with van der Waals surface area (Å²) >= 11 is 1.78. The maximum Gasteiger partial charge on any atom is 0.161 e. The van der Waals surface area contributed by atoms with Gasteiger partial charge in [0.25, 0.3) is 0 Å². The molecular weight excluding hydrogens is 266 g/mol. The lowest BCUT2D eigenvalue weighted by Crippen LogP contribution is -2.09. The van der Waals surface area contributed by atoms with Crippen LogP contribution in [0.1, 0.15) is 11.1 Å². The fourth-order valence-corrected chi connectivity index (χ4v) is 3.13. The number of pyridine rings is 1. The Morgan fingerprint density at radius 2 is 2.10 bits per heavy atom. The van der Waals surface area contributed by atoms with E-state index in [1.54, 1.807) is 11.8 Å². The minimum atomic E-state index is 0.363. The van der Waals surface area contributed by atoms with Crippen molar-refractivity contribution in [2.45, 2.75) is 19.4 Å². The summed E-state index contributed by atoms with van der Waals surface area (Å²) in [6, 6.07) is 12.9. The number of anilines is 1. The van der Waals surface area contributed by atoms with Crippen LogP contribution in [0.25, 0.3) is 0 Å². The lowest BCUT2D eigenvalue weighted by Gasteiger charge is -2.07. The Labute approximate surface area is 123 Å². The van der Waals surface area contributed by atoms with Crippen LogP contribution in [0.15, 0.2) is 53.8 Å². The zero-order chi connectivity index (χ0) is 13.8. The summed E-state index contributed by atoms with van der Waals surface area (Å²) in [7, 11) is 0. The predicted molar refractivity (Wildman–Crippen MR) is 86.4 cm³/mol. The largest absolute Gasteiger partial charge is 0.333 e. The van der Waals surface area contributed by atoms with E-state index in [1.807, 2.05) is 24.5 Å². The van der Waals surface area contributed by atoms with Gasteiger partial charge in [0.1, 0.15) is 0 Å². The number of rotatable bonds is 3. The van der Waals surface area contributed by atoms with Crippen LogP contribution in [0.4, 0.5) is 5.69 Å². The van der Waals surface area contributed by atoms with Gasteiger partial charge in [-0.3, -0.25) is 9.98 Å². The molecule has 1 aromatic heterocycles. The van der Waals surface area contributed by atoms with Crippen molar-refractivity contribution in [3.8, 4) is 0 Å². The van der Waals surface area contributed by atoms with Crippen LogP contribution < -0.4 is 5.32 Å². The fourth-order valence-electron chi connectivity index (χ4n) is 2.18. The van der Waals surface area contributed by atoms with Crippen molar-refractivity contribution in [3.05, 3.63) is 59.9 Å². The molecule has 0 bridgehead atoms. The Morgan fingerprint density at radius 3 is 2.90 bits per heavy atom. The van der Waals surface area contributed by atoms with E-state index in [9.17, 15) is 0 Å². The smallest absolute Gasteiger partial charge is 0.161 e. The molecule has 102 valence electrons. The van der Waals surface area contributed by atoms with Gasteiger partial charge in [0, 0.05) is 11.9 Å². The van der Waals surface area contributed by atoms with Gasteiger partial charge in [0.05, 0.1) is 17.9 Å². The van der Waals surface area contributed by atoms with Crippen molar-refractivity contribution < 1.29 is 0 Å². The average Bonchev–Trinajstić information content (AvgIpc) is 2.90. The Kier molecular flexibility index (Phi) is 4.02. The van der Waals surface area contributed by atoms with E-state index in [1.165, 1.54) is 11.1 Å². The van der Waals surface area contributed by atoms with E-state index >= 15 is 0 Å². The summed E-state index contributed by atoms with van der Waals surface area (Å²) < 4.78 is 0. The summed E-state index contributed by atoms with van der Waals surface area (Å²) in [5.74, 6) is 1.04. The number of nitrogens with one attached hydrogen (secondary N) is 1. The molecule has 3 rings (SSSR count). The molecular formula is C16H17N3S. The molecule has 1 aliphatic heterocycles. The third kappa shape index (κ3) is 3.20. The number of hydrogen-bond acceptors (Lipinski definition) is 4. The molecule has 20 heavy (non-hydrogen) atoms. The van der Waals surface area contributed by atoms with Crippen LogP contribution in [-0.4, -0.2) is 21.9 Å². The molecule has 0 aliphatic carbocycles. The van der Waals surface area contributed by atoms with Gasteiger partial charge < -0.3 is 5.32 Å². The first kappa shape index (κ1) is 13.2. The first-order valence-corrected chi connectivity index (χ1v) is 7.72. The van der Waals surface area contributed by atoms with Gasteiger partial charge >= 0.3 is 0 Å². The standard InChI is InChI=1S/C16H17N3S/c1-12-7-8-17-10-15(12)19-16-18-14(11-20-16)9-13-5-3-2-4-6-13/h2-8,10,14H,9,11H2,1H3,(H,18,19). The molecule has 2 aromatic rings. The van der Waals surface area contributed by atoms with Gasteiger partial charge in [-0.25, -0.2) is 0 Å². The molecule has 4 heteroatoms. The van der Waals surface area contributed by atoms with Gasteiger partial charge in [0.2, 0.25) is 0 Å². The van der Waals surface area contributed by atoms with Crippen molar-refractivity contribution in [1.29, 1.82) is 0 Å². The minimum Gasteiger partial charge on any atom is -0.333 e. The van der Waals surface area contributed by atoms with E-state index in [-0.39, 0.29) is 0 Å². The molecule has 0 fully saturated rings. The van der Waals surface area contributed by atoms with Crippen molar-refractivity contribution in [2.75, 3.05) is 11.1 Å². The third-order valence-electron chi connectivity index (χ3n) is 3.31. The number of nitrogens with zero attached hydrogens (tertiary/aromatic N) is 2. The maximum absolute atomic E-state index is 4.76. The summed E-state index contributed by atoms with van der Waals surface area (Å²) in [5, 5.41) is 4.38. The van der Waals surface area contributed by atoms with Gasteiger partial charge in [-0.2, -0.15) is 0 Å². The molecule has 3 nitrogen and oxygen atoms in total. The minimum absolute atomic E-state index is 0.363. The SMILES string of the molecule is Cc1ccncc1NC1=NC(Cc2ccccc2)CS1. The van der Waals surface area contributed by atoms with E-state index in [4.69, 9.17) is 4.99 Å². The maximum atomic E-state index is 4.76. The van der Waals surface area contributed by atoms with E-state index in [2.05, 4.69) is 41.5 Å². The van der Waals surface area contributed by atoms with Crippen molar-refractivity contribution in [3.63, 3.8) is 0 Å². The quantitative estimate of drug-likeness (QED) is 0.936. The molecule has 0 amide bonds. The number of aromatic nitrogens is 1. The highest BCUT2D eigenvalue weighted by Gasteiger charge is 2.19. The highest BCUT2D eigenvalue weighted by atomic mass is 32.2. The lowest BCUT2D eigenvalue weighted by atomic mass is 10.1. The second-order valence-electron chi connectivity index (χ2n) is 4.90. The monoisotopic (exact) mass is 283 g/mol. The van der Waals surface area contributed by atoms with Crippen LogP contribution >= 0.6 is 11.8 Å². The average molecular weight is 283 g/mol. The summed E-state index contributed by atoms with van der Waals surface area (Å²) in [5.41, 5.74) is 3.58. The second-order valence-corrected chi connectivity index (χ2v) is 5.91. The number of aryl methyl sites for hydroxylation is 1. The third-order valence-corrected chi connectivity index (χ3v) is 4.34. The van der Waals surface area contributed by atoms with Gasteiger partial charge in [-0.05, 0) is 30.5 Å². The van der Waals surface area contributed by atoms with E-state index in [0.29, 0.717) is 6.04 Å². The summed E-state index contributed by atoms with van der Waals surface area (Å²) in [4.78, 5) is 8.91. The molecule has 0 spiro atoms. The van der Waals surface area contributed by atoms with Crippen LogP contribution in [0.3, 0.4) is 0 Å². The molecule has 0 saturated carbocycles. The van der Waals surface area contributed by atoms with Gasteiger partial charge in [0.15, 0.2) is 5.17 Å². The molecule has 1 aliphatic rings. The van der Waals surface area contributed by atoms with E-state index < -0.39 is 0 Å². The number of aliphatic imine (C=N–C) groups is 1. The Morgan fingerprint density at radius 1 is 1.25 bits per heavy atom. The molecule has 0 radical (unpaired) electrons. The predicted octanol–water partition coefficient (Wildman–Crippen LogP) is 3.52. The second kappa shape index (κ2) is 6.09. The first-order chi connectivity index (χ1) is 9.81. The van der Waals surface area contributed by atoms with Gasteiger partial charge in [-0.1, -0.05) is 42.1 Å². The molecule has 0 saturated heterocycles. The normalized spacial score (nSPS) is 17.9. The number of thioether (sulfide) groups is 1. The molecule has 1 unspecified atom stereocenters. The number of hydrogen-bond donors (Lipinski definition) is 1. The summed E-state index contributed by atoms with van der Waals surface area (Å²) in [6.45, 7) is 2.08. The van der Waals surface area contributed by atoms with Crippen LogP contribution in [0.2, 0.25) is 0 Å². The highest BCUT2D eigenvalue weighted by molar-refractivity contribution is 8.14. The highest BCUT2D eigenvalue weighted by Crippen LogP contribution is 2.23. The lowest BCUT2D eigenvalue weighted by molar-refractivity contribution is 0.762. The first-order valence-electron chi connectivity index (χ1n) is 6.73. The molecule has 1 aromatic carbocycles. The Hall–Kier alpha value is -1.81. The van der Waals surface area contributed by atoms with Crippen molar-refractivity contribution >= 4 is 22.6 Å². The van der Waals surface area contributed by atoms with Crippen LogP contribution in [0, 0.1) is 6.92 Å². The number of amidine groups is 1. The van der Waals surface area contributed by atoms with Crippen LogP contribution in [0.5, 0.6) is 0 Å². The van der Waals surface area contributed by atoms with Crippen molar-refractivity contribution in [1.82, 2.24) is 4.98 Å². The fraction of sp³-hybridized carbons (Fsp3) is 0.250. The summed E-state index contributed by atoms with van der Waals surface area (Å²) in [6.07, 6.45) is 4.66. The van der Waals surface area contributed by atoms with Crippen LogP contribution in [-0.2, 0) is 6.42 Å². The Bertz CT molecular complexity index is 610. The number of benzene rings is 1. The van der Waals surface area contributed by atoms with Gasteiger partial charge in [-0.15, -0.1) is 0 Å². The molecule has 1 atom stereocenters. The van der Waals surface area contributed by atoms with Crippen molar-refractivity contribution in [2.24, 2.45) is 4.99 Å².